The quantitative estimate of drug-likeness (QED) is 0.845. The summed E-state index contributed by atoms with van der Waals surface area (Å²) in [6.45, 7) is 4.77. The first kappa shape index (κ1) is 17.0. The largest absolute Gasteiger partial charge is 0.360 e. The fourth-order valence-electron chi connectivity index (χ4n) is 2.89. The molecule has 24 heavy (non-hydrogen) atoms. The van der Waals surface area contributed by atoms with Crippen LogP contribution >= 0.6 is 0 Å². The van der Waals surface area contributed by atoms with E-state index in [1.807, 2.05) is 0 Å². The summed E-state index contributed by atoms with van der Waals surface area (Å²) in [6.07, 6.45) is 0.406. The predicted molar refractivity (Wildman–Crippen MR) is 86.1 cm³/mol. The Morgan fingerprint density at radius 1 is 1.33 bits per heavy atom. The van der Waals surface area contributed by atoms with E-state index in [2.05, 4.69) is 15.0 Å². The van der Waals surface area contributed by atoms with Crippen LogP contribution in [0.5, 0.6) is 0 Å². The monoisotopic (exact) mass is 374 g/mol. The summed E-state index contributed by atoms with van der Waals surface area (Å²) in [5.74, 6) is 0.446. The molecule has 1 N–H and O–H groups in total. The van der Waals surface area contributed by atoms with E-state index in [9.17, 15) is 16.8 Å². The highest BCUT2D eigenvalue weighted by atomic mass is 32.2. The van der Waals surface area contributed by atoms with E-state index in [1.54, 1.807) is 13.0 Å². The van der Waals surface area contributed by atoms with Gasteiger partial charge in [-0.3, -0.25) is 4.72 Å². The molecule has 132 valence electrons. The third kappa shape index (κ3) is 3.05. The van der Waals surface area contributed by atoms with E-state index in [1.165, 1.54) is 18.5 Å². The number of hydrogen-bond donors (Lipinski definition) is 1. The number of nitrogens with zero attached hydrogens (tertiary/aromatic N) is 3. The maximum atomic E-state index is 12.6. The Bertz CT molecular complexity index is 968. The van der Waals surface area contributed by atoms with Crippen molar-refractivity contribution >= 4 is 25.7 Å². The van der Waals surface area contributed by atoms with Crippen LogP contribution < -0.4 is 4.72 Å². The Balaban J connectivity index is 1.97. The first-order chi connectivity index (χ1) is 11.1. The highest BCUT2D eigenvalue weighted by molar-refractivity contribution is 7.92. The fraction of sp³-hybridized carbons (Fsp3) is 0.538. The first-order valence-corrected chi connectivity index (χ1v) is 10.6. The van der Waals surface area contributed by atoms with Gasteiger partial charge in [-0.1, -0.05) is 5.16 Å². The van der Waals surface area contributed by atoms with Crippen molar-refractivity contribution in [2.45, 2.75) is 38.1 Å². The number of rotatable bonds is 4. The minimum absolute atomic E-state index is 0.0213. The number of nitrogens with one attached hydrogen (secondary N) is 1. The third-order valence-electron chi connectivity index (χ3n) is 3.89. The van der Waals surface area contributed by atoms with Gasteiger partial charge < -0.3 is 4.52 Å². The minimum Gasteiger partial charge on any atom is -0.360 e. The molecule has 1 fully saturated rings. The van der Waals surface area contributed by atoms with Crippen molar-refractivity contribution in [3.63, 3.8) is 0 Å². The summed E-state index contributed by atoms with van der Waals surface area (Å²) in [7, 11) is -7.03. The van der Waals surface area contributed by atoms with Gasteiger partial charge in [-0.25, -0.2) is 21.5 Å². The van der Waals surface area contributed by atoms with Crippen LogP contribution in [-0.2, 0) is 19.9 Å². The molecule has 1 atom stereocenters. The van der Waals surface area contributed by atoms with Gasteiger partial charge in [0.2, 0.25) is 0 Å². The van der Waals surface area contributed by atoms with Crippen LogP contribution in [0.15, 0.2) is 15.5 Å². The lowest BCUT2D eigenvalue weighted by atomic mass is 10.3. The standard InChI is InChI=1S/C13H18N4O5S2/c1-8-6-12(17(14-8)11-4-5-23(18,19)7-11)16-24(20,21)13-9(2)15-22-10(13)3/h6,11,16H,4-5,7H2,1-3H3/t11-/m1/s1. The van der Waals surface area contributed by atoms with Gasteiger partial charge in [0, 0.05) is 6.07 Å². The molecule has 0 saturated carbocycles. The molecular weight excluding hydrogens is 356 g/mol. The van der Waals surface area contributed by atoms with Crippen LogP contribution in [0.25, 0.3) is 0 Å². The lowest BCUT2D eigenvalue weighted by Crippen LogP contribution is -2.20. The minimum atomic E-state index is -3.92. The van der Waals surface area contributed by atoms with Crippen LogP contribution in [0.4, 0.5) is 5.82 Å². The topological polar surface area (TPSA) is 124 Å². The lowest BCUT2D eigenvalue weighted by molar-refractivity contribution is 0.390. The predicted octanol–water partition coefficient (Wildman–Crippen LogP) is 0.957. The van der Waals surface area contributed by atoms with Gasteiger partial charge in [-0.15, -0.1) is 0 Å². The first-order valence-electron chi connectivity index (χ1n) is 7.31. The van der Waals surface area contributed by atoms with Gasteiger partial charge in [0.25, 0.3) is 10.0 Å². The Hall–Kier alpha value is -1.88. The molecule has 0 unspecified atom stereocenters. The number of hydrogen-bond acceptors (Lipinski definition) is 7. The summed E-state index contributed by atoms with van der Waals surface area (Å²) in [5.41, 5.74) is 0.849. The smallest absolute Gasteiger partial charge is 0.268 e. The number of sulfonamides is 1. The fourth-order valence-corrected chi connectivity index (χ4v) is 5.95. The molecule has 9 nitrogen and oxygen atoms in total. The number of aryl methyl sites for hydroxylation is 3. The Kier molecular flexibility index (Phi) is 3.95. The van der Waals surface area contributed by atoms with E-state index < -0.39 is 19.9 Å². The van der Waals surface area contributed by atoms with Crippen molar-refractivity contribution in [2.75, 3.05) is 16.2 Å². The van der Waals surface area contributed by atoms with Gasteiger partial charge in [0.05, 0.1) is 23.2 Å². The number of anilines is 1. The van der Waals surface area contributed by atoms with Crippen LogP contribution in [0, 0.1) is 20.8 Å². The van der Waals surface area contributed by atoms with Crippen molar-refractivity contribution < 1.29 is 21.4 Å². The molecule has 0 aliphatic carbocycles. The summed E-state index contributed by atoms with van der Waals surface area (Å²) in [5, 5.41) is 7.91. The molecule has 1 saturated heterocycles. The third-order valence-corrected chi connectivity index (χ3v) is 7.24. The highest BCUT2D eigenvalue weighted by Gasteiger charge is 2.32. The van der Waals surface area contributed by atoms with Gasteiger partial charge in [-0.2, -0.15) is 5.10 Å². The van der Waals surface area contributed by atoms with Crippen LogP contribution in [0.1, 0.15) is 29.6 Å². The average Bonchev–Trinajstić information content (AvgIpc) is 3.08. The molecule has 0 bridgehead atoms. The van der Waals surface area contributed by atoms with Crippen LogP contribution in [-0.4, -0.2) is 43.3 Å². The van der Waals surface area contributed by atoms with E-state index in [-0.39, 0.29) is 39.7 Å². The van der Waals surface area contributed by atoms with Gasteiger partial charge in [0.1, 0.15) is 11.5 Å². The Labute approximate surface area is 140 Å². The van der Waals surface area contributed by atoms with Gasteiger partial charge in [-0.05, 0) is 27.2 Å². The Morgan fingerprint density at radius 3 is 2.58 bits per heavy atom. The van der Waals surface area contributed by atoms with Crippen molar-refractivity contribution in [3.8, 4) is 0 Å². The normalized spacial score (nSPS) is 20.4. The molecule has 11 heteroatoms. The molecule has 2 aromatic heterocycles. The second-order valence-electron chi connectivity index (χ2n) is 5.93. The van der Waals surface area contributed by atoms with E-state index in [4.69, 9.17) is 4.52 Å². The second kappa shape index (κ2) is 5.59. The Morgan fingerprint density at radius 2 is 2.04 bits per heavy atom. The van der Waals surface area contributed by atoms with Crippen LogP contribution in [0.3, 0.4) is 0 Å². The van der Waals surface area contributed by atoms with Gasteiger partial charge in [0.15, 0.2) is 20.5 Å². The highest BCUT2D eigenvalue weighted by Crippen LogP contribution is 2.29. The maximum absolute atomic E-state index is 12.6. The summed E-state index contributed by atoms with van der Waals surface area (Å²) < 4.78 is 57.5. The van der Waals surface area contributed by atoms with Crippen LogP contribution in [0.2, 0.25) is 0 Å². The maximum Gasteiger partial charge on any atom is 0.268 e. The molecule has 0 amide bonds. The molecular formula is C13H18N4O5S2. The second-order valence-corrected chi connectivity index (χ2v) is 9.78. The summed E-state index contributed by atoms with van der Waals surface area (Å²) in [6, 6.07) is 1.19. The molecule has 3 rings (SSSR count). The molecule has 0 radical (unpaired) electrons. The zero-order valence-corrected chi connectivity index (χ0v) is 15.1. The van der Waals surface area contributed by atoms with Gasteiger partial charge >= 0.3 is 0 Å². The zero-order chi connectivity index (χ0) is 17.7. The molecule has 0 spiro atoms. The molecule has 3 heterocycles. The van der Waals surface area contributed by atoms with E-state index >= 15 is 0 Å². The van der Waals surface area contributed by atoms with Crippen molar-refractivity contribution in [1.82, 2.24) is 14.9 Å². The molecule has 1 aliphatic heterocycles. The molecule has 2 aromatic rings. The van der Waals surface area contributed by atoms with E-state index in [0.717, 1.165) is 0 Å². The SMILES string of the molecule is Cc1cc(NS(=O)(=O)c2c(C)noc2C)n([C@@H]2CCS(=O)(=O)C2)n1. The summed E-state index contributed by atoms with van der Waals surface area (Å²) >= 11 is 0. The number of aromatic nitrogens is 3. The zero-order valence-electron chi connectivity index (χ0n) is 13.5. The van der Waals surface area contributed by atoms with Crippen molar-refractivity contribution in [2.24, 2.45) is 0 Å². The summed E-state index contributed by atoms with van der Waals surface area (Å²) in [4.78, 5) is -0.0213. The van der Waals surface area contributed by atoms with Crippen molar-refractivity contribution in [1.29, 1.82) is 0 Å². The van der Waals surface area contributed by atoms with Crippen molar-refractivity contribution in [3.05, 3.63) is 23.2 Å². The van der Waals surface area contributed by atoms with E-state index in [0.29, 0.717) is 12.1 Å². The molecule has 0 aromatic carbocycles. The number of sulfone groups is 1. The molecule has 1 aliphatic rings. The average molecular weight is 374 g/mol. The lowest BCUT2D eigenvalue weighted by Gasteiger charge is -2.14.